The van der Waals surface area contributed by atoms with Crippen molar-refractivity contribution >= 4 is 23.4 Å². The van der Waals surface area contributed by atoms with Gasteiger partial charge in [-0.05, 0) is 31.9 Å². The highest BCUT2D eigenvalue weighted by Crippen LogP contribution is 2.25. The Balaban J connectivity index is 1.56. The molecule has 2 N–H and O–H groups in total. The van der Waals surface area contributed by atoms with Crippen LogP contribution in [-0.2, 0) is 14.4 Å². The van der Waals surface area contributed by atoms with Crippen molar-refractivity contribution in [2.45, 2.75) is 38.3 Å². The minimum atomic E-state index is -0.580. The van der Waals surface area contributed by atoms with Crippen molar-refractivity contribution in [3.05, 3.63) is 30.3 Å². The number of carbonyl (C=O) groups is 3. The Morgan fingerprint density at radius 1 is 1.22 bits per heavy atom. The summed E-state index contributed by atoms with van der Waals surface area (Å²) in [4.78, 5) is 38.0. The number of nitrogens with one attached hydrogen (secondary N) is 2. The molecule has 0 radical (unpaired) electrons. The third-order valence-electron chi connectivity index (χ3n) is 4.24. The van der Waals surface area contributed by atoms with Crippen molar-refractivity contribution in [2.75, 3.05) is 11.4 Å². The Kier molecular flexibility index (Phi) is 4.32. The lowest BCUT2D eigenvalue weighted by Crippen LogP contribution is -2.47. The molecule has 1 saturated carbocycles. The Bertz CT molecular complexity index is 613. The number of rotatable bonds is 5. The second-order valence-electron chi connectivity index (χ2n) is 6.25. The van der Waals surface area contributed by atoms with E-state index in [9.17, 15) is 14.4 Å². The van der Waals surface area contributed by atoms with Gasteiger partial charge in [-0.15, -0.1) is 0 Å². The predicted octanol–water partition coefficient (Wildman–Crippen LogP) is 0.823. The molecule has 3 rings (SSSR count). The van der Waals surface area contributed by atoms with Gasteiger partial charge in [0.2, 0.25) is 17.7 Å². The molecule has 2 atom stereocenters. The highest BCUT2D eigenvalue weighted by atomic mass is 16.2. The number of anilines is 1. The second-order valence-corrected chi connectivity index (χ2v) is 6.25. The van der Waals surface area contributed by atoms with E-state index in [2.05, 4.69) is 10.6 Å². The molecule has 0 bridgehead atoms. The van der Waals surface area contributed by atoms with Crippen LogP contribution < -0.4 is 15.5 Å². The van der Waals surface area contributed by atoms with Crippen LogP contribution in [0.25, 0.3) is 0 Å². The third-order valence-corrected chi connectivity index (χ3v) is 4.24. The Morgan fingerprint density at radius 2 is 1.91 bits per heavy atom. The molecule has 6 nitrogen and oxygen atoms in total. The highest BCUT2D eigenvalue weighted by molar-refractivity contribution is 6.01. The summed E-state index contributed by atoms with van der Waals surface area (Å²) in [5.41, 5.74) is 0.798. The predicted molar refractivity (Wildman–Crippen MR) is 85.7 cm³/mol. The van der Waals surface area contributed by atoms with Crippen molar-refractivity contribution < 1.29 is 14.4 Å². The molecule has 1 aromatic rings. The summed E-state index contributed by atoms with van der Waals surface area (Å²) in [6.07, 6.45) is 2.20. The lowest BCUT2D eigenvalue weighted by atomic mass is 10.1. The van der Waals surface area contributed by atoms with Crippen LogP contribution in [-0.4, -0.2) is 36.3 Å². The fourth-order valence-electron chi connectivity index (χ4n) is 2.69. The average molecular weight is 315 g/mol. The maximum absolute atomic E-state index is 12.3. The van der Waals surface area contributed by atoms with Crippen LogP contribution in [0.4, 0.5) is 5.69 Å². The van der Waals surface area contributed by atoms with Crippen molar-refractivity contribution in [3.8, 4) is 0 Å². The topological polar surface area (TPSA) is 78.5 Å². The van der Waals surface area contributed by atoms with Gasteiger partial charge in [-0.25, -0.2) is 0 Å². The largest absolute Gasteiger partial charge is 0.352 e. The minimum Gasteiger partial charge on any atom is -0.352 e. The van der Waals surface area contributed by atoms with Crippen molar-refractivity contribution in [1.29, 1.82) is 0 Å². The zero-order valence-electron chi connectivity index (χ0n) is 13.1. The van der Waals surface area contributed by atoms with Gasteiger partial charge in [0.25, 0.3) is 0 Å². The molecule has 6 heteroatoms. The molecule has 1 aliphatic carbocycles. The quantitative estimate of drug-likeness (QED) is 0.844. The van der Waals surface area contributed by atoms with Crippen LogP contribution in [0.3, 0.4) is 0 Å². The fourth-order valence-corrected chi connectivity index (χ4v) is 2.69. The standard InChI is InChI=1S/C17H21N3O3/c1-11(16(22)19-13-7-8-13)18-17(23)12-9-15(21)20(10-12)14-5-3-2-4-6-14/h2-6,11-13H,7-10H2,1H3,(H,18,23)(H,19,22)/t11-,12?/m0/s1. The van der Waals surface area contributed by atoms with Gasteiger partial charge in [0.1, 0.15) is 6.04 Å². The molecule has 1 aliphatic heterocycles. The van der Waals surface area contributed by atoms with Crippen LogP contribution in [0.1, 0.15) is 26.2 Å². The fraction of sp³-hybridized carbons (Fsp3) is 0.471. The first kappa shape index (κ1) is 15.5. The Labute approximate surface area is 135 Å². The van der Waals surface area contributed by atoms with E-state index in [1.54, 1.807) is 11.8 Å². The lowest BCUT2D eigenvalue weighted by molar-refractivity contribution is -0.131. The number of para-hydroxylation sites is 1. The van der Waals surface area contributed by atoms with E-state index in [0.717, 1.165) is 18.5 Å². The minimum absolute atomic E-state index is 0.0635. The van der Waals surface area contributed by atoms with Gasteiger partial charge in [0.05, 0.1) is 5.92 Å². The first-order valence-corrected chi connectivity index (χ1v) is 8.01. The molecule has 2 aliphatic rings. The van der Waals surface area contributed by atoms with Crippen molar-refractivity contribution in [2.24, 2.45) is 5.92 Å². The Morgan fingerprint density at radius 3 is 2.57 bits per heavy atom. The molecule has 0 spiro atoms. The molecule has 1 saturated heterocycles. The van der Waals surface area contributed by atoms with Gasteiger partial charge in [0.15, 0.2) is 0 Å². The molecule has 23 heavy (non-hydrogen) atoms. The molecule has 2 fully saturated rings. The van der Waals surface area contributed by atoms with Crippen LogP contribution in [0, 0.1) is 5.92 Å². The van der Waals surface area contributed by atoms with E-state index < -0.39 is 12.0 Å². The maximum Gasteiger partial charge on any atom is 0.242 e. The summed E-state index contributed by atoms with van der Waals surface area (Å²) in [5, 5.41) is 5.58. The summed E-state index contributed by atoms with van der Waals surface area (Å²) in [6.45, 7) is 2.02. The van der Waals surface area contributed by atoms with Crippen LogP contribution in [0.5, 0.6) is 0 Å². The average Bonchev–Trinajstić information content (AvgIpc) is 3.27. The molecule has 1 unspecified atom stereocenters. The SMILES string of the molecule is C[C@H](NC(=O)C1CC(=O)N(c2ccccc2)C1)C(=O)NC1CC1. The summed E-state index contributed by atoms with van der Waals surface area (Å²) in [7, 11) is 0. The summed E-state index contributed by atoms with van der Waals surface area (Å²) in [5.74, 6) is -0.884. The maximum atomic E-state index is 12.3. The first-order chi connectivity index (χ1) is 11.0. The number of carbonyl (C=O) groups excluding carboxylic acids is 3. The molecular weight excluding hydrogens is 294 g/mol. The molecular formula is C17H21N3O3. The zero-order valence-corrected chi connectivity index (χ0v) is 13.1. The molecule has 0 aromatic heterocycles. The summed E-state index contributed by atoms with van der Waals surface area (Å²) >= 11 is 0. The molecule has 122 valence electrons. The second kappa shape index (κ2) is 6.40. The highest BCUT2D eigenvalue weighted by Gasteiger charge is 2.36. The van der Waals surface area contributed by atoms with Gasteiger partial charge in [0, 0.05) is 24.7 Å². The summed E-state index contributed by atoms with van der Waals surface area (Å²) in [6, 6.07) is 9.00. The smallest absolute Gasteiger partial charge is 0.242 e. The normalized spacial score (nSPS) is 21.9. The monoisotopic (exact) mass is 315 g/mol. The number of nitrogens with zero attached hydrogens (tertiary/aromatic N) is 1. The Hall–Kier alpha value is -2.37. The number of amides is 3. The van der Waals surface area contributed by atoms with Crippen LogP contribution >= 0.6 is 0 Å². The van der Waals surface area contributed by atoms with Gasteiger partial charge >= 0.3 is 0 Å². The summed E-state index contributed by atoms with van der Waals surface area (Å²) < 4.78 is 0. The third kappa shape index (κ3) is 3.70. The molecule has 1 aromatic carbocycles. The van der Waals surface area contributed by atoms with E-state index in [1.807, 2.05) is 30.3 Å². The van der Waals surface area contributed by atoms with E-state index in [1.165, 1.54) is 0 Å². The van der Waals surface area contributed by atoms with E-state index in [0.29, 0.717) is 6.54 Å². The van der Waals surface area contributed by atoms with Crippen molar-refractivity contribution in [1.82, 2.24) is 10.6 Å². The van der Waals surface area contributed by atoms with Gasteiger partial charge in [-0.3, -0.25) is 14.4 Å². The van der Waals surface area contributed by atoms with E-state index >= 15 is 0 Å². The van der Waals surface area contributed by atoms with Crippen LogP contribution in [0.15, 0.2) is 30.3 Å². The molecule has 1 heterocycles. The number of hydrogen-bond acceptors (Lipinski definition) is 3. The lowest BCUT2D eigenvalue weighted by Gasteiger charge is -2.18. The first-order valence-electron chi connectivity index (χ1n) is 8.01. The van der Waals surface area contributed by atoms with Gasteiger partial charge in [-0.2, -0.15) is 0 Å². The molecule has 3 amide bonds. The van der Waals surface area contributed by atoms with Gasteiger partial charge < -0.3 is 15.5 Å². The van der Waals surface area contributed by atoms with E-state index in [4.69, 9.17) is 0 Å². The van der Waals surface area contributed by atoms with E-state index in [-0.39, 0.29) is 30.2 Å². The zero-order chi connectivity index (χ0) is 16.4. The number of benzene rings is 1. The van der Waals surface area contributed by atoms with Crippen molar-refractivity contribution in [3.63, 3.8) is 0 Å². The van der Waals surface area contributed by atoms with Crippen LogP contribution in [0.2, 0.25) is 0 Å². The van der Waals surface area contributed by atoms with Gasteiger partial charge in [-0.1, -0.05) is 18.2 Å². The number of hydrogen-bond donors (Lipinski definition) is 2.